The number of nitrogens with zero attached hydrogens (tertiary/aromatic N) is 1. The Hall–Kier alpha value is -3.36. The molecule has 0 aromatic heterocycles. The molecule has 0 unspecified atom stereocenters. The zero-order valence-electron chi connectivity index (χ0n) is 19.3. The molecule has 0 fully saturated rings. The molecule has 0 heterocycles. The van der Waals surface area contributed by atoms with E-state index in [0.29, 0.717) is 27.5 Å². The Bertz CT molecular complexity index is 1300. The van der Waals surface area contributed by atoms with Crippen LogP contribution in [0.1, 0.15) is 41.5 Å². The van der Waals surface area contributed by atoms with Gasteiger partial charge in [0, 0.05) is 23.2 Å². The molecule has 7 nitrogen and oxygen atoms in total. The largest absolute Gasteiger partial charge is 0.347 e. The van der Waals surface area contributed by atoms with Crippen molar-refractivity contribution in [2.45, 2.75) is 31.2 Å². The molecular weight excluding hydrogens is 474 g/mol. The molecule has 0 saturated carbocycles. The number of carbonyl (C=O) groups is 2. The monoisotopic (exact) mass is 499 g/mol. The third-order valence-corrected chi connectivity index (χ3v) is 6.93. The molecule has 2 N–H and O–H groups in total. The number of nitrogens with one attached hydrogen (secondary N) is 2. The molecular formula is C25H26ClN3O4S. The molecule has 34 heavy (non-hydrogen) atoms. The lowest BCUT2D eigenvalue weighted by atomic mass is 10.1. The first kappa shape index (κ1) is 25.3. The average molecular weight is 500 g/mol. The number of amides is 2. The molecule has 0 spiro atoms. The predicted octanol–water partition coefficient (Wildman–Crippen LogP) is 4.95. The second-order valence-corrected chi connectivity index (χ2v) is 11.1. The summed E-state index contributed by atoms with van der Waals surface area (Å²) in [6, 6.07) is 18.7. The fourth-order valence-corrected chi connectivity index (χ4v) is 4.44. The average Bonchev–Trinajstić information content (AvgIpc) is 2.78. The molecule has 3 aromatic carbocycles. The van der Waals surface area contributed by atoms with E-state index >= 15 is 0 Å². The van der Waals surface area contributed by atoms with E-state index in [4.69, 9.17) is 11.6 Å². The van der Waals surface area contributed by atoms with E-state index in [9.17, 15) is 18.0 Å². The van der Waals surface area contributed by atoms with Gasteiger partial charge in [-0.15, -0.1) is 0 Å². The third kappa shape index (κ3) is 5.95. The minimum Gasteiger partial charge on any atom is -0.347 e. The lowest BCUT2D eigenvalue weighted by molar-refractivity contribution is 0.0920. The Morgan fingerprint density at radius 1 is 0.853 bits per heavy atom. The summed E-state index contributed by atoms with van der Waals surface area (Å²) in [6.07, 6.45) is 0. The van der Waals surface area contributed by atoms with Crippen molar-refractivity contribution in [3.8, 4) is 0 Å². The zero-order valence-corrected chi connectivity index (χ0v) is 20.9. The molecule has 3 aromatic rings. The van der Waals surface area contributed by atoms with Gasteiger partial charge in [-0.3, -0.25) is 13.9 Å². The van der Waals surface area contributed by atoms with E-state index in [0.717, 1.165) is 4.31 Å². The smallest absolute Gasteiger partial charge is 0.264 e. The first-order valence-electron chi connectivity index (χ1n) is 10.5. The molecule has 0 radical (unpaired) electrons. The number of benzene rings is 3. The summed E-state index contributed by atoms with van der Waals surface area (Å²) in [5, 5.41) is 6.08. The van der Waals surface area contributed by atoms with E-state index in [1.165, 1.54) is 43.4 Å². The van der Waals surface area contributed by atoms with Crippen molar-refractivity contribution >= 4 is 44.8 Å². The van der Waals surface area contributed by atoms with E-state index in [1.54, 1.807) is 36.4 Å². The highest BCUT2D eigenvalue weighted by Crippen LogP contribution is 2.24. The molecule has 0 aliphatic heterocycles. The van der Waals surface area contributed by atoms with Crippen LogP contribution in [0.25, 0.3) is 0 Å². The van der Waals surface area contributed by atoms with Crippen molar-refractivity contribution in [2.75, 3.05) is 16.7 Å². The summed E-state index contributed by atoms with van der Waals surface area (Å²) in [6.45, 7) is 5.62. The van der Waals surface area contributed by atoms with E-state index in [-0.39, 0.29) is 10.8 Å². The maximum absolute atomic E-state index is 12.9. The minimum absolute atomic E-state index is 0.103. The summed E-state index contributed by atoms with van der Waals surface area (Å²) < 4.78 is 26.9. The summed E-state index contributed by atoms with van der Waals surface area (Å²) in [5.74, 6) is -0.724. The Morgan fingerprint density at radius 2 is 1.44 bits per heavy atom. The Morgan fingerprint density at radius 3 is 2.03 bits per heavy atom. The lowest BCUT2D eigenvalue weighted by Gasteiger charge is -2.21. The minimum atomic E-state index is -3.79. The summed E-state index contributed by atoms with van der Waals surface area (Å²) in [4.78, 5) is 25.5. The van der Waals surface area contributed by atoms with Crippen molar-refractivity contribution in [1.29, 1.82) is 0 Å². The van der Waals surface area contributed by atoms with Gasteiger partial charge in [0.2, 0.25) is 0 Å². The molecule has 0 saturated heterocycles. The topological polar surface area (TPSA) is 95.6 Å². The number of halogens is 1. The van der Waals surface area contributed by atoms with Crippen LogP contribution in [-0.2, 0) is 10.0 Å². The van der Waals surface area contributed by atoms with Gasteiger partial charge >= 0.3 is 0 Å². The van der Waals surface area contributed by atoms with Crippen LogP contribution in [0.4, 0.5) is 11.4 Å². The van der Waals surface area contributed by atoms with Crippen molar-refractivity contribution < 1.29 is 18.0 Å². The van der Waals surface area contributed by atoms with Gasteiger partial charge in [0.15, 0.2) is 0 Å². The highest BCUT2D eigenvalue weighted by Gasteiger charge is 2.22. The second-order valence-electron chi connectivity index (χ2n) is 8.68. The SMILES string of the molecule is CN(c1ccc(C(=O)Nc2ccccc2C(=O)NC(C)(C)C)cc1)S(=O)(=O)c1ccc(Cl)cc1. The predicted molar refractivity (Wildman–Crippen MR) is 135 cm³/mol. The standard InChI is InChI=1S/C25H26ClN3O4S/c1-25(2,3)28-24(31)21-7-5-6-8-22(21)27-23(30)17-9-13-19(14-10-17)29(4)34(32,33)20-15-11-18(26)12-16-20/h5-16H,1-4H3,(H,27,30)(H,28,31). The summed E-state index contributed by atoms with van der Waals surface area (Å²) >= 11 is 5.85. The van der Waals surface area contributed by atoms with Gasteiger partial charge in [-0.25, -0.2) is 8.42 Å². The Kier molecular flexibility index (Phi) is 7.33. The Labute approximate surface area is 204 Å². The van der Waals surface area contributed by atoms with Crippen molar-refractivity contribution in [1.82, 2.24) is 5.32 Å². The van der Waals surface area contributed by atoms with Gasteiger partial charge in [0.25, 0.3) is 21.8 Å². The number of hydrogen-bond donors (Lipinski definition) is 2. The number of sulfonamides is 1. The van der Waals surface area contributed by atoms with Crippen LogP contribution >= 0.6 is 11.6 Å². The maximum Gasteiger partial charge on any atom is 0.264 e. The number of carbonyl (C=O) groups excluding carboxylic acids is 2. The van der Waals surface area contributed by atoms with Crippen LogP contribution in [0.2, 0.25) is 5.02 Å². The van der Waals surface area contributed by atoms with Crippen LogP contribution in [0.15, 0.2) is 77.7 Å². The fourth-order valence-electron chi connectivity index (χ4n) is 3.12. The van der Waals surface area contributed by atoms with Gasteiger partial charge in [0.1, 0.15) is 0 Å². The van der Waals surface area contributed by atoms with Gasteiger partial charge < -0.3 is 10.6 Å². The summed E-state index contributed by atoms with van der Waals surface area (Å²) in [7, 11) is -2.36. The molecule has 9 heteroatoms. The van der Waals surface area contributed by atoms with Crippen LogP contribution < -0.4 is 14.9 Å². The quantitative estimate of drug-likeness (QED) is 0.501. The van der Waals surface area contributed by atoms with E-state index in [2.05, 4.69) is 10.6 Å². The molecule has 0 atom stereocenters. The van der Waals surface area contributed by atoms with Gasteiger partial charge in [-0.1, -0.05) is 23.7 Å². The highest BCUT2D eigenvalue weighted by molar-refractivity contribution is 7.92. The first-order chi connectivity index (χ1) is 15.9. The van der Waals surface area contributed by atoms with Crippen LogP contribution in [-0.4, -0.2) is 32.8 Å². The molecule has 178 valence electrons. The highest BCUT2D eigenvalue weighted by atomic mass is 35.5. The van der Waals surface area contributed by atoms with E-state index < -0.39 is 21.5 Å². The molecule has 0 aliphatic rings. The van der Waals surface area contributed by atoms with Crippen molar-refractivity contribution in [3.05, 3.63) is 88.9 Å². The number of para-hydroxylation sites is 1. The number of rotatable bonds is 6. The Balaban J connectivity index is 1.78. The van der Waals surface area contributed by atoms with Gasteiger partial charge in [0.05, 0.1) is 21.8 Å². The first-order valence-corrected chi connectivity index (χ1v) is 12.3. The van der Waals surface area contributed by atoms with Gasteiger partial charge in [-0.2, -0.15) is 0 Å². The van der Waals surface area contributed by atoms with Crippen LogP contribution in [0, 0.1) is 0 Å². The van der Waals surface area contributed by atoms with Crippen molar-refractivity contribution in [3.63, 3.8) is 0 Å². The third-order valence-electron chi connectivity index (χ3n) is 4.87. The maximum atomic E-state index is 12.9. The molecule has 0 bridgehead atoms. The normalized spacial score (nSPS) is 11.6. The summed E-state index contributed by atoms with van der Waals surface area (Å²) in [5.41, 5.74) is 0.989. The van der Waals surface area contributed by atoms with Crippen molar-refractivity contribution in [2.24, 2.45) is 0 Å². The molecule has 0 aliphatic carbocycles. The second kappa shape index (κ2) is 9.87. The molecule has 2 amide bonds. The van der Waals surface area contributed by atoms with Gasteiger partial charge in [-0.05, 0) is 81.4 Å². The van der Waals surface area contributed by atoms with E-state index in [1.807, 2.05) is 20.8 Å². The van der Waals surface area contributed by atoms with Crippen LogP contribution in [0.5, 0.6) is 0 Å². The molecule has 3 rings (SSSR count). The van der Waals surface area contributed by atoms with Crippen LogP contribution in [0.3, 0.4) is 0 Å². The zero-order chi connectivity index (χ0) is 25.1. The lowest BCUT2D eigenvalue weighted by Crippen LogP contribution is -2.40. The number of anilines is 2. The fraction of sp³-hybridized carbons (Fsp3) is 0.200. The number of hydrogen-bond acceptors (Lipinski definition) is 4.